The molecule has 0 aliphatic carbocycles. The maximum atomic E-state index is 13.4. The first-order valence-electron chi connectivity index (χ1n) is 8.33. The number of aryl methyl sites for hydroxylation is 2. The summed E-state index contributed by atoms with van der Waals surface area (Å²) in [7, 11) is 0. The van der Waals surface area contributed by atoms with Crippen molar-refractivity contribution in [2.45, 2.75) is 26.8 Å². The molecule has 0 spiro atoms. The number of benzene rings is 2. The third-order valence-electron chi connectivity index (χ3n) is 4.64. The number of nitrogens with zero attached hydrogens (tertiary/aromatic N) is 2. The fourth-order valence-electron chi connectivity index (χ4n) is 3.18. The van der Waals surface area contributed by atoms with E-state index in [1.807, 2.05) is 32.0 Å². The molecule has 2 aromatic carbocycles. The summed E-state index contributed by atoms with van der Waals surface area (Å²) in [5.74, 6) is -0.899. The normalized spacial score (nSPS) is 17.8. The van der Waals surface area contributed by atoms with Crippen LogP contribution in [0.4, 0.5) is 10.1 Å². The van der Waals surface area contributed by atoms with Gasteiger partial charge in [-0.05, 0) is 56.2 Å². The van der Waals surface area contributed by atoms with E-state index in [1.165, 1.54) is 23.1 Å². The van der Waals surface area contributed by atoms with Crippen LogP contribution in [-0.2, 0) is 4.79 Å². The molecule has 130 valence electrons. The standard InChI is InChI=1S/C20H21FN2O2/c1-13-7-8-14(2)18(11-13)23-10-9-22(15(3)19(23)24)20(25)16-5-4-6-17(21)12-16/h4-8,11-12,15H,9-10H2,1-3H3. The Hall–Kier alpha value is -2.69. The van der Waals surface area contributed by atoms with Crippen molar-refractivity contribution in [3.05, 3.63) is 65.0 Å². The highest BCUT2D eigenvalue weighted by Gasteiger charge is 2.35. The maximum absolute atomic E-state index is 13.4. The third-order valence-corrected chi connectivity index (χ3v) is 4.64. The Morgan fingerprint density at radius 1 is 1.12 bits per heavy atom. The van der Waals surface area contributed by atoms with E-state index in [4.69, 9.17) is 0 Å². The minimum absolute atomic E-state index is 0.121. The third kappa shape index (κ3) is 3.27. The van der Waals surface area contributed by atoms with Gasteiger partial charge in [-0.2, -0.15) is 0 Å². The number of hydrogen-bond acceptors (Lipinski definition) is 2. The Morgan fingerprint density at radius 2 is 1.88 bits per heavy atom. The van der Waals surface area contributed by atoms with Gasteiger partial charge in [-0.25, -0.2) is 4.39 Å². The van der Waals surface area contributed by atoms with Crippen LogP contribution in [0.3, 0.4) is 0 Å². The number of amides is 2. The van der Waals surface area contributed by atoms with E-state index in [-0.39, 0.29) is 17.4 Å². The molecule has 5 heteroatoms. The van der Waals surface area contributed by atoms with Crippen LogP contribution < -0.4 is 4.90 Å². The van der Waals surface area contributed by atoms with Gasteiger partial charge in [-0.1, -0.05) is 18.2 Å². The van der Waals surface area contributed by atoms with Crippen LogP contribution in [0.15, 0.2) is 42.5 Å². The van der Waals surface area contributed by atoms with Crippen LogP contribution in [0.25, 0.3) is 0 Å². The summed E-state index contributed by atoms with van der Waals surface area (Å²) in [5, 5.41) is 0. The van der Waals surface area contributed by atoms with E-state index in [2.05, 4.69) is 0 Å². The van der Waals surface area contributed by atoms with E-state index >= 15 is 0 Å². The summed E-state index contributed by atoms with van der Waals surface area (Å²) in [4.78, 5) is 28.8. The summed E-state index contributed by atoms with van der Waals surface area (Å²) >= 11 is 0. The van der Waals surface area contributed by atoms with E-state index < -0.39 is 11.9 Å². The van der Waals surface area contributed by atoms with Crippen LogP contribution in [-0.4, -0.2) is 35.8 Å². The number of anilines is 1. The first-order chi connectivity index (χ1) is 11.9. The van der Waals surface area contributed by atoms with Gasteiger partial charge in [0.1, 0.15) is 11.9 Å². The van der Waals surface area contributed by atoms with Gasteiger partial charge in [0.15, 0.2) is 0 Å². The van der Waals surface area contributed by atoms with Crippen LogP contribution in [0.1, 0.15) is 28.4 Å². The summed E-state index contributed by atoms with van der Waals surface area (Å²) in [6.07, 6.45) is 0. The number of piperazine rings is 1. The van der Waals surface area contributed by atoms with Gasteiger partial charge in [0, 0.05) is 24.3 Å². The molecule has 1 saturated heterocycles. The molecule has 0 radical (unpaired) electrons. The van der Waals surface area contributed by atoms with Crippen molar-refractivity contribution in [2.24, 2.45) is 0 Å². The minimum Gasteiger partial charge on any atom is -0.325 e. The van der Waals surface area contributed by atoms with Gasteiger partial charge in [-0.15, -0.1) is 0 Å². The second-order valence-electron chi connectivity index (χ2n) is 6.46. The molecule has 2 amide bonds. The Morgan fingerprint density at radius 3 is 2.60 bits per heavy atom. The Balaban J connectivity index is 1.84. The fourth-order valence-corrected chi connectivity index (χ4v) is 3.18. The van der Waals surface area contributed by atoms with Crippen LogP contribution in [0.5, 0.6) is 0 Å². The average molecular weight is 340 g/mol. The van der Waals surface area contributed by atoms with E-state index in [1.54, 1.807) is 17.9 Å². The second kappa shape index (κ2) is 6.67. The van der Waals surface area contributed by atoms with Crippen molar-refractivity contribution in [1.82, 2.24) is 4.90 Å². The molecule has 2 aromatic rings. The zero-order valence-corrected chi connectivity index (χ0v) is 14.6. The van der Waals surface area contributed by atoms with E-state index in [0.717, 1.165) is 16.8 Å². The topological polar surface area (TPSA) is 40.6 Å². The number of carbonyl (C=O) groups is 2. The Kier molecular flexibility index (Phi) is 4.57. The highest BCUT2D eigenvalue weighted by Crippen LogP contribution is 2.26. The van der Waals surface area contributed by atoms with Crippen LogP contribution in [0, 0.1) is 19.7 Å². The zero-order valence-electron chi connectivity index (χ0n) is 14.6. The molecule has 1 heterocycles. The molecule has 0 N–H and O–H groups in total. The van der Waals surface area contributed by atoms with E-state index in [0.29, 0.717) is 13.1 Å². The molecule has 1 atom stereocenters. The number of rotatable bonds is 2. The number of halogens is 1. The molecule has 3 rings (SSSR count). The lowest BCUT2D eigenvalue weighted by Crippen LogP contribution is -2.58. The second-order valence-corrected chi connectivity index (χ2v) is 6.46. The predicted octanol–water partition coefficient (Wildman–Crippen LogP) is 3.32. The largest absolute Gasteiger partial charge is 0.325 e. The van der Waals surface area contributed by atoms with Crippen LogP contribution >= 0.6 is 0 Å². The minimum atomic E-state index is -0.593. The molecule has 1 aliphatic heterocycles. The van der Waals surface area contributed by atoms with Crippen molar-refractivity contribution >= 4 is 17.5 Å². The number of carbonyl (C=O) groups excluding carboxylic acids is 2. The summed E-state index contributed by atoms with van der Waals surface area (Å²) in [5.41, 5.74) is 3.25. The molecule has 1 aliphatic rings. The summed E-state index contributed by atoms with van der Waals surface area (Å²) < 4.78 is 13.4. The monoisotopic (exact) mass is 340 g/mol. The molecule has 1 fully saturated rings. The van der Waals surface area contributed by atoms with Crippen LogP contribution in [0.2, 0.25) is 0 Å². The van der Waals surface area contributed by atoms with Gasteiger partial charge in [-0.3, -0.25) is 9.59 Å². The van der Waals surface area contributed by atoms with Crippen molar-refractivity contribution < 1.29 is 14.0 Å². The van der Waals surface area contributed by atoms with E-state index in [9.17, 15) is 14.0 Å². The molecule has 1 unspecified atom stereocenters. The van der Waals surface area contributed by atoms with Gasteiger partial charge in [0.05, 0.1) is 0 Å². The average Bonchev–Trinajstić information content (AvgIpc) is 2.59. The Bertz CT molecular complexity index is 834. The predicted molar refractivity (Wildman–Crippen MR) is 95.2 cm³/mol. The van der Waals surface area contributed by atoms with Crippen molar-refractivity contribution in [3.8, 4) is 0 Å². The van der Waals surface area contributed by atoms with Gasteiger partial charge >= 0.3 is 0 Å². The quantitative estimate of drug-likeness (QED) is 0.841. The first-order valence-corrected chi connectivity index (χ1v) is 8.33. The molecule has 0 aromatic heterocycles. The zero-order chi connectivity index (χ0) is 18.1. The highest BCUT2D eigenvalue weighted by molar-refractivity contribution is 6.03. The molecule has 25 heavy (non-hydrogen) atoms. The number of hydrogen-bond donors (Lipinski definition) is 0. The highest BCUT2D eigenvalue weighted by atomic mass is 19.1. The lowest BCUT2D eigenvalue weighted by molar-refractivity contribution is -0.124. The first kappa shape index (κ1) is 17.1. The van der Waals surface area contributed by atoms with Crippen molar-refractivity contribution in [3.63, 3.8) is 0 Å². The fraction of sp³-hybridized carbons (Fsp3) is 0.300. The van der Waals surface area contributed by atoms with Crippen molar-refractivity contribution in [1.29, 1.82) is 0 Å². The van der Waals surface area contributed by atoms with Gasteiger partial charge < -0.3 is 9.80 Å². The smallest absolute Gasteiger partial charge is 0.254 e. The SMILES string of the molecule is Cc1ccc(C)c(N2CCN(C(=O)c3cccc(F)c3)C(C)C2=O)c1. The summed E-state index contributed by atoms with van der Waals surface area (Å²) in [6.45, 7) is 6.51. The maximum Gasteiger partial charge on any atom is 0.254 e. The Labute approximate surface area is 146 Å². The lowest BCUT2D eigenvalue weighted by Gasteiger charge is -2.39. The summed E-state index contributed by atoms with van der Waals surface area (Å²) in [6, 6.07) is 11.0. The molecule has 0 saturated carbocycles. The molecule has 4 nitrogen and oxygen atoms in total. The molecular weight excluding hydrogens is 319 g/mol. The van der Waals surface area contributed by atoms with Gasteiger partial charge in [0.2, 0.25) is 5.91 Å². The molecule has 0 bridgehead atoms. The van der Waals surface area contributed by atoms with Gasteiger partial charge in [0.25, 0.3) is 5.91 Å². The lowest BCUT2D eigenvalue weighted by atomic mass is 10.1. The van der Waals surface area contributed by atoms with Crippen molar-refractivity contribution in [2.75, 3.05) is 18.0 Å². The molecular formula is C20H21FN2O2.